The number of anilines is 1. The highest BCUT2D eigenvalue weighted by molar-refractivity contribution is 6.00. The average molecular weight is 317 g/mol. The van der Waals surface area contributed by atoms with Crippen LogP contribution in [0.4, 0.5) is 5.82 Å². The topological polar surface area (TPSA) is 54.0 Å². The Morgan fingerprint density at radius 2 is 1.79 bits per heavy atom. The van der Waals surface area contributed by atoms with Crippen molar-refractivity contribution in [1.29, 1.82) is 0 Å². The molecule has 2 aromatic carbocycles. The van der Waals surface area contributed by atoms with Gasteiger partial charge in [-0.1, -0.05) is 42.5 Å². The van der Waals surface area contributed by atoms with E-state index in [1.54, 1.807) is 13.2 Å². The molecule has 0 fully saturated rings. The molecule has 0 saturated carbocycles. The summed E-state index contributed by atoms with van der Waals surface area (Å²) >= 11 is 0. The maximum Gasteiger partial charge on any atom is 0.251 e. The number of pyridine rings is 1. The van der Waals surface area contributed by atoms with E-state index >= 15 is 0 Å². The van der Waals surface area contributed by atoms with Gasteiger partial charge in [-0.15, -0.1) is 0 Å². The van der Waals surface area contributed by atoms with Crippen LogP contribution < -0.4 is 10.6 Å². The zero-order chi connectivity index (χ0) is 16.8. The molecule has 3 rings (SSSR count). The molecule has 1 aromatic heterocycles. The molecule has 0 aliphatic rings. The summed E-state index contributed by atoms with van der Waals surface area (Å²) in [6, 6.07) is 21.6. The van der Waals surface area contributed by atoms with Gasteiger partial charge in [0.15, 0.2) is 0 Å². The normalized spacial score (nSPS) is 10.2. The molecule has 0 atom stereocenters. The van der Waals surface area contributed by atoms with Gasteiger partial charge in [0.1, 0.15) is 5.82 Å². The summed E-state index contributed by atoms with van der Waals surface area (Å²) in [4.78, 5) is 16.4. The fourth-order valence-electron chi connectivity index (χ4n) is 2.55. The minimum Gasteiger partial charge on any atom is -0.366 e. The lowest BCUT2D eigenvalue weighted by molar-refractivity contribution is 0.0963. The minimum atomic E-state index is -0.0851. The van der Waals surface area contributed by atoms with Crippen molar-refractivity contribution in [3.05, 3.63) is 84.1 Å². The van der Waals surface area contributed by atoms with Gasteiger partial charge < -0.3 is 10.6 Å². The molecule has 0 unspecified atom stereocenters. The number of hydrogen-bond acceptors (Lipinski definition) is 3. The summed E-state index contributed by atoms with van der Waals surface area (Å²) < 4.78 is 0. The van der Waals surface area contributed by atoms with Gasteiger partial charge in [0.2, 0.25) is 0 Å². The molecule has 1 heterocycles. The van der Waals surface area contributed by atoms with Gasteiger partial charge in [0.05, 0.1) is 0 Å². The molecular formula is C20H19N3O. The summed E-state index contributed by atoms with van der Waals surface area (Å²) in [5.41, 5.74) is 3.71. The number of aromatic nitrogens is 1. The molecule has 0 saturated heterocycles. The first-order chi connectivity index (χ1) is 11.8. The third-order valence-electron chi connectivity index (χ3n) is 3.78. The second kappa shape index (κ2) is 7.42. The Balaban J connectivity index is 1.91. The van der Waals surface area contributed by atoms with E-state index in [9.17, 15) is 4.79 Å². The first-order valence-electron chi connectivity index (χ1n) is 7.83. The van der Waals surface area contributed by atoms with E-state index in [-0.39, 0.29) is 5.91 Å². The molecule has 4 heteroatoms. The van der Waals surface area contributed by atoms with Gasteiger partial charge in [-0.25, -0.2) is 4.98 Å². The molecule has 24 heavy (non-hydrogen) atoms. The number of hydrogen-bond donors (Lipinski definition) is 2. The van der Waals surface area contributed by atoms with Crippen molar-refractivity contribution in [2.24, 2.45) is 0 Å². The van der Waals surface area contributed by atoms with Crippen LogP contribution in [-0.2, 0) is 6.54 Å². The van der Waals surface area contributed by atoms with Crippen LogP contribution in [0.1, 0.15) is 15.9 Å². The number of nitrogens with one attached hydrogen (secondary N) is 2. The number of nitrogens with zero attached hydrogens (tertiary/aromatic N) is 1. The van der Waals surface area contributed by atoms with Crippen molar-refractivity contribution in [1.82, 2.24) is 10.3 Å². The van der Waals surface area contributed by atoms with Crippen LogP contribution in [0, 0.1) is 0 Å². The van der Waals surface area contributed by atoms with Crippen LogP contribution in [0.3, 0.4) is 0 Å². The molecule has 0 aliphatic carbocycles. The largest absolute Gasteiger partial charge is 0.366 e. The molecule has 0 radical (unpaired) electrons. The Labute approximate surface area is 141 Å². The van der Waals surface area contributed by atoms with Gasteiger partial charge in [-0.2, -0.15) is 0 Å². The zero-order valence-electron chi connectivity index (χ0n) is 13.5. The van der Waals surface area contributed by atoms with Crippen molar-refractivity contribution >= 4 is 11.7 Å². The highest BCUT2D eigenvalue weighted by atomic mass is 16.1. The predicted octanol–water partition coefficient (Wildman–Crippen LogP) is 3.72. The van der Waals surface area contributed by atoms with Crippen molar-refractivity contribution in [2.75, 3.05) is 12.4 Å². The Morgan fingerprint density at radius 1 is 1.00 bits per heavy atom. The smallest absolute Gasteiger partial charge is 0.251 e. The maximum absolute atomic E-state index is 12.2. The lowest BCUT2D eigenvalue weighted by Crippen LogP contribution is -2.19. The highest BCUT2D eigenvalue weighted by Gasteiger charge is 2.12. The molecule has 0 aliphatic heterocycles. The van der Waals surface area contributed by atoms with Gasteiger partial charge in [-0.05, 0) is 41.0 Å². The van der Waals surface area contributed by atoms with Crippen molar-refractivity contribution in [2.45, 2.75) is 6.54 Å². The van der Waals surface area contributed by atoms with E-state index < -0.39 is 0 Å². The van der Waals surface area contributed by atoms with E-state index in [2.05, 4.69) is 21.7 Å². The summed E-state index contributed by atoms with van der Waals surface area (Å²) in [7, 11) is 1.65. The fourth-order valence-corrected chi connectivity index (χ4v) is 2.55. The Hall–Kier alpha value is -3.14. The molecule has 1 amide bonds. The van der Waals surface area contributed by atoms with E-state index in [0.717, 1.165) is 22.5 Å². The quantitative estimate of drug-likeness (QED) is 0.754. The number of rotatable bonds is 5. The lowest BCUT2D eigenvalue weighted by atomic mass is 9.96. The molecule has 4 nitrogen and oxygen atoms in total. The second-order valence-corrected chi connectivity index (χ2v) is 5.39. The fraction of sp³-hybridized carbons (Fsp3) is 0.100. The summed E-state index contributed by atoms with van der Waals surface area (Å²) in [6.07, 6.45) is 1.76. The van der Waals surface area contributed by atoms with E-state index in [0.29, 0.717) is 12.1 Å². The number of carbonyl (C=O) groups is 1. The summed E-state index contributed by atoms with van der Waals surface area (Å²) in [5.74, 6) is 0.743. The predicted molar refractivity (Wildman–Crippen MR) is 96.8 cm³/mol. The van der Waals surface area contributed by atoms with Gasteiger partial charge in [-0.3, -0.25) is 4.79 Å². The first kappa shape index (κ1) is 15.7. The maximum atomic E-state index is 12.2. The van der Waals surface area contributed by atoms with Gasteiger partial charge in [0.25, 0.3) is 5.91 Å². The molecule has 120 valence electrons. The van der Waals surface area contributed by atoms with Crippen molar-refractivity contribution in [3.8, 4) is 11.1 Å². The highest BCUT2D eigenvalue weighted by Crippen LogP contribution is 2.25. The molecule has 3 aromatic rings. The van der Waals surface area contributed by atoms with E-state index in [1.807, 2.05) is 60.7 Å². The molecule has 2 N–H and O–H groups in total. The molecule has 0 bridgehead atoms. The molecular weight excluding hydrogens is 298 g/mol. The SMILES string of the molecule is CNC(=O)c1ccc(CNc2ccccn2)cc1-c1ccccc1. The third kappa shape index (κ3) is 3.60. The summed E-state index contributed by atoms with van der Waals surface area (Å²) in [5, 5.41) is 5.99. The van der Waals surface area contributed by atoms with E-state index in [1.165, 1.54) is 0 Å². The van der Waals surface area contributed by atoms with Gasteiger partial charge >= 0.3 is 0 Å². The van der Waals surface area contributed by atoms with Crippen molar-refractivity contribution < 1.29 is 4.79 Å². The van der Waals surface area contributed by atoms with Gasteiger partial charge in [0, 0.05) is 25.4 Å². The molecule has 0 spiro atoms. The van der Waals surface area contributed by atoms with Crippen LogP contribution in [0.2, 0.25) is 0 Å². The first-order valence-corrected chi connectivity index (χ1v) is 7.83. The summed E-state index contributed by atoms with van der Waals surface area (Å²) in [6.45, 7) is 0.644. The average Bonchev–Trinajstić information content (AvgIpc) is 2.67. The number of benzene rings is 2. The number of carbonyl (C=O) groups excluding carboxylic acids is 1. The third-order valence-corrected chi connectivity index (χ3v) is 3.78. The lowest BCUT2D eigenvalue weighted by Gasteiger charge is -2.12. The Kier molecular flexibility index (Phi) is 4.87. The minimum absolute atomic E-state index is 0.0851. The standard InChI is InChI=1S/C20H19N3O/c1-21-20(24)17-11-10-15(14-23-19-9-5-6-12-22-19)13-18(17)16-7-3-2-4-8-16/h2-13H,14H2,1H3,(H,21,24)(H,22,23). The van der Waals surface area contributed by atoms with E-state index in [4.69, 9.17) is 0 Å². The Bertz CT molecular complexity index is 817. The Morgan fingerprint density at radius 3 is 2.50 bits per heavy atom. The van der Waals surface area contributed by atoms with Crippen LogP contribution in [-0.4, -0.2) is 17.9 Å². The van der Waals surface area contributed by atoms with Crippen LogP contribution in [0.25, 0.3) is 11.1 Å². The monoisotopic (exact) mass is 317 g/mol. The van der Waals surface area contributed by atoms with Crippen molar-refractivity contribution in [3.63, 3.8) is 0 Å². The number of amides is 1. The van der Waals surface area contributed by atoms with Crippen LogP contribution in [0.15, 0.2) is 72.9 Å². The van der Waals surface area contributed by atoms with Crippen LogP contribution >= 0.6 is 0 Å². The zero-order valence-corrected chi connectivity index (χ0v) is 13.5. The second-order valence-electron chi connectivity index (χ2n) is 5.39. The van der Waals surface area contributed by atoms with Crippen LogP contribution in [0.5, 0.6) is 0 Å².